The molecule has 0 saturated heterocycles. The van der Waals surface area contributed by atoms with Crippen molar-refractivity contribution in [3.05, 3.63) is 59.2 Å². The summed E-state index contributed by atoms with van der Waals surface area (Å²) in [7, 11) is 5.78. The number of benzene rings is 2. The summed E-state index contributed by atoms with van der Waals surface area (Å²) in [5.74, 6) is 1.77. The molecule has 0 saturated carbocycles. The number of phenolic OH excluding ortho intramolecular Hbond substituents is 1. The zero-order chi connectivity index (χ0) is 17.1. The molecule has 0 atom stereocenters. The van der Waals surface area contributed by atoms with E-state index in [0.29, 0.717) is 6.61 Å². The van der Waals surface area contributed by atoms with Gasteiger partial charge in [-0.25, -0.2) is 0 Å². The molecule has 3 rings (SSSR count). The highest BCUT2D eigenvalue weighted by Gasteiger charge is 2.23. The van der Waals surface area contributed by atoms with E-state index in [0.717, 1.165) is 41.2 Å². The minimum absolute atomic E-state index is 0. The first kappa shape index (κ1) is 19.2. The van der Waals surface area contributed by atoms with E-state index in [1.807, 2.05) is 24.3 Å². The number of hydrogen-bond acceptors (Lipinski definition) is 4. The molecule has 5 heteroatoms. The Hall–Kier alpha value is -2.17. The fraction of sp³-hybridized carbons (Fsp3) is 0.300. The van der Waals surface area contributed by atoms with E-state index in [9.17, 15) is 5.11 Å². The number of para-hydroxylation sites is 1. The van der Waals surface area contributed by atoms with Gasteiger partial charge < -0.3 is 19.5 Å². The van der Waals surface area contributed by atoms with Crippen molar-refractivity contribution >= 4 is 18.0 Å². The van der Waals surface area contributed by atoms with Crippen molar-refractivity contribution in [3.63, 3.8) is 0 Å². The van der Waals surface area contributed by atoms with Crippen LogP contribution in [-0.4, -0.2) is 44.4 Å². The number of likely N-dealkylation sites (N-methyl/N-ethyl adjacent to an activating group) is 1. The molecule has 1 aliphatic heterocycles. The maximum atomic E-state index is 9.94. The van der Waals surface area contributed by atoms with E-state index in [1.54, 1.807) is 19.2 Å². The van der Waals surface area contributed by atoms with E-state index in [-0.39, 0.29) is 18.2 Å². The third kappa shape index (κ3) is 4.09. The third-order valence-corrected chi connectivity index (χ3v) is 4.11. The molecule has 1 N–H and O–H groups in total. The van der Waals surface area contributed by atoms with Crippen LogP contribution in [0.5, 0.6) is 17.2 Å². The number of hydrogen-bond donors (Lipinski definition) is 1. The van der Waals surface area contributed by atoms with Gasteiger partial charge in [-0.15, -0.1) is 12.4 Å². The Labute approximate surface area is 155 Å². The molecule has 4 nitrogen and oxygen atoms in total. The molecule has 0 aliphatic carbocycles. The maximum absolute atomic E-state index is 9.94. The number of rotatable bonds is 4. The van der Waals surface area contributed by atoms with E-state index in [4.69, 9.17) is 9.47 Å². The molecule has 0 fully saturated rings. The first-order valence-electron chi connectivity index (χ1n) is 8.06. The smallest absolute Gasteiger partial charge is 0.168 e. The van der Waals surface area contributed by atoms with Crippen molar-refractivity contribution in [2.75, 3.05) is 34.4 Å². The van der Waals surface area contributed by atoms with Gasteiger partial charge in [-0.3, -0.25) is 0 Å². The van der Waals surface area contributed by atoms with Gasteiger partial charge in [0.25, 0.3) is 0 Å². The van der Waals surface area contributed by atoms with Crippen LogP contribution in [0.1, 0.15) is 17.5 Å². The largest absolute Gasteiger partial charge is 0.508 e. The lowest BCUT2D eigenvalue weighted by Gasteiger charge is -2.18. The Morgan fingerprint density at radius 3 is 2.60 bits per heavy atom. The van der Waals surface area contributed by atoms with Crippen molar-refractivity contribution in [2.24, 2.45) is 0 Å². The fourth-order valence-electron chi connectivity index (χ4n) is 3.17. The summed E-state index contributed by atoms with van der Waals surface area (Å²) in [4.78, 5) is 2.16. The molecule has 25 heavy (non-hydrogen) atoms. The van der Waals surface area contributed by atoms with Crippen LogP contribution in [0, 0.1) is 0 Å². The Balaban J connectivity index is 0.00000225. The quantitative estimate of drug-likeness (QED) is 0.894. The first-order valence-corrected chi connectivity index (χ1v) is 8.06. The Kier molecular flexibility index (Phi) is 6.34. The molecule has 0 radical (unpaired) electrons. The van der Waals surface area contributed by atoms with Crippen molar-refractivity contribution in [3.8, 4) is 17.2 Å². The van der Waals surface area contributed by atoms with Gasteiger partial charge in [0.05, 0.1) is 13.7 Å². The summed E-state index contributed by atoms with van der Waals surface area (Å²) >= 11 is 0. The molecule has 134 valence electrons. The molecule has 1 heterocycles. The number of aromatic hydroxyl groups is 1. The number of phenols is 1. The second-order valence-electron chi connectivity index (χ2n) is 6.20. The summed E-state index contributed by atoms with van der Waals surface area (Å²) in [6.45, 7) is 1.45. The third-order valence-electron chi connectivity index (χ3n) is 4.11. The van der Waals surface area contributed by atoms with Crippen LogP contribution < -0.4 is 9.47 Å². The number of nitrogens with zero attached hydrogens (tertiary/aromatic N) is 1. The van der Waals surface area contributed by atoms with E-state index in [1.165, 1.54) is 5.57 Å². The molecule has 2 aromatic rings. The standard InChI is InChI=1S/C20H23NO3.ClH/c1-21(2)13-15-10-11-24-20-17(8-5-9-18(20)23-3)19(15)14-6-4-7-16(22)12-14;/h4-9,12,22H,10-11,13H2,1-3H3;1H. The van der Waals surface area contributed by atoms with E-state index in [2.05, 4.69) is 25.1 Å². The normalized spacial score (nSPS) is 13.6. The summed E-state index contributed by atoms with van der Waals surface area (Å²) in [5.41, 5.74) is 4.41. The molecular weight excluding hydrogens is 338 g/mol. The average Bonchev–Trinajstić information content (AvgIpc) is 2.73. The molecule has 2 aromatic carbocycles. The number of halogens is 1. The van der Waals surface area contributed by atoms with Crippen molar-refractivity contribution in [1.82, 2.24) is 4.90 Å². The molecule has 0 spiro atoms. The van der Waals surface area contributed by atoms with Gasteiger partial charge in [-0.2, -0.15) is 0 Å². The number of methoxy groups -OCH3 is 1. The van der Waals surface area contributed by atoms with Crippen LogP contribution in [0.2, 0.25) is 0 Å². The predicted octanol–water partition coefficient (Wildman–Crippen LogP) is 3.97. The Morgan fingerprint density at radius 1 is 1.16 bits per heavy atom. The van der Waals surface area contributed by atoms with Crippen LogP contribution in [-0.2, 0) is 0 Å². The summed E-state index contributed by atoms with van der Waals surface area (Å²) in [6.07, 6.45) is 0.834. The highest BCUT2D eigenvalue weighted by Crippen LogP contribution is 2.42. The minimum atomic E-state index is 0. The molecule has 0 unspecified atom stereocenters. The monoisotopic (exact) mass is 361 g/mol. The van der Waals surface area contributed by atoms with Gasteiger partial charge in [0.1, 0.15) is 5.75 Å². The molecule has 0 aromatic heterocycles. The van der Waals surface area contributed by atoms with Gasteiger partial charge in [-0.05, 0) is 49.0 Å². The van der Waals surface area contributed by atoms with Crippen LogP contribution in [0.3, 0.4) is 0 Å². The van der Waals surface area contributed by atoms with Gasteiger partial charge in [0.2, 0.25) is 0 Å². The zero-order valence-electron chi connectivity index (χ0n) is 14.8. The zero-order valence-corrected chi connectivity index (χ0v) is 15.6. The topological polar surface area (TPSA) is 41.9 Å². The minimum Gasteiger partial charge on any atom is -0.508 e. The summed E-state index contributed by atoms with van der Waals surface area (Å²) < 4.78 is 11.5. The van der Waals surface area contributed by atoms with Crippen LogP contribution in [0.25, 0.3) is 5.57 Å². The number of fused-ring (bicyclic) bond motifs is 1. The second kappa shape index (κ2) is 8.28. The van der Waals surface area contributed by atoms with Crippen LogP contribution >= 0.6 is 12.4 Å². The van der Waals surface area contributed by atoms with E-state index < -0.39 is 0 Å². The number of ether oxygens (including phenoxy) is 2. The van der Waals surface area contributed by atoms with Crippen molar-refractivity contribution < 1.29 is 14.6 Å². The van der Waals surface area contributed by atoms with Gasteiger partial charge in [0, 0.05) is 18.5 Å². The predicted molar refractivity (Wildman–Crippen MR) is 103 cm³/mol. The lowest BCUT2D eigenvalue weighted by Crippen LogP contribution is -2.17. The molecule has 1 aliphatic rings. The van der Waals surface area contributed by atoms with Crippen LogP contribution in [0.4, 0.5) is 0 Å². The summed E-state index contributed by atoms with van der Waals surface area (Å²) in [5, 5.41) is 9.94. The van der Waals surface area contributed by atoms with Gasteiger partial charge in [-0.1, -0.05) is 24.3 Å². The maximum Gasteiger partial charge on any atom is 0.168 e. The second-order valence-corrected chi connectivity index (χ2v) is 6.20. The average molecular weight is 362 g/mol. The molecule has 0 bridgehead atoms. The van der Waals surface area contributed by atoms with Gasteiger partial charge in [0.15, 0.2) is 11.5 Å². The highest BCUT2D eigenvalue weighted by molar-refractivity contribution is 5.87. The lowest BCUT2D eigenvalue weighted by atomic mass is 9.91. The van der Waals surface area contributed by atoms with E-state index >= 15 is 0 Å². The van der Waals surface area contributed by atoms with Crippen LogP contribution in [0.15, 0.2) is 48.0 Å². The molecule has 0 amide bonds. The fourth-order valence-corrected chi connectivity index (χ4v) is 3.17. The SMILES string of the molecule is COc1cccc2c1OCCC(CN(C)C)=C2c1cccc(O)c1.Cl. The summed E-state index contributed by atoms with van der Waals surface area (Å²) in [6, 6.07) is 13.3. The first-order chi connectivity index (χ1) is 11.6. The van der Waals surface area contributed by atoms with Crippen molar-refractivity contribution in [1.29, 1.82) is 0 Å². The van der Waals surface area contributed by atoms with Crippen molar-refractivity contribution in [2.45, 2.75) is 6.42 Å². The highest BCUT2D eigenvalue weighted by atomic mass is 35.5. The molecular formula is C20H24ClNO3. The lowest BCUT2D eigenvalue weighted by molar-refractivity contribution is 0.296. The van der Waals surface area contributed by atoms with Gasteiger partial charge >= 0.3 is 0 Å². The Bertz CT molecular complexity index is 771. The Morgan fingerprint density at radius 2 is 1.92 bits per heavy atom.